The second kappa shape index (κ2) is 4.84. The Morgan fingerprint density at radius 3 is 2.91 bits per heavy atom. The third-order valence-corrected chi connectivity index (χ3v) is 4.74. The summed E-state index contributed by atoms with van der Waals surface area (Å²) >= 11 is 0. The fourth-order valence-electron chi connectivity index (χ4n) is 3.18. The highest BCUT2D eigenvalue weighted by atomic mass is 14.9. The van der Waals surface area contributed by atoms with Crippen LogP contribution in [0.3, 0.4) is 0 Å². The minimum atomic E-state index is 0.545. The average Bonchev–Trinajstić information content (AvgIpc) is 2.96. The number of hydrogen-bond donors (Lipinski definition) is 1. The molecule has 23 heavy (non-hydrogen) atoms. The van der Waals surface area contributed by atoms with Gasteiger partial charge in [-0.25, -0.2) is 19.9 Å². The summed E-state index contributed by atoms with van der Waals surface area (Å²) in [6, 6.07) is 6.21. The molecular weight excluding hydrogens is 286 g/mol. The lowest BCUT2D eigenvalue weighted by Gasteiger charge is -2.23. The van der Waals surface area contributed by atoms with E-state index in [0.29, 0.717) is 5.92 Å². The third kappa shape index (κ3) is 2.00. The van der Waals surface area contributed by atoms with E-state index in [1.54, 1.807) is 6.33 Å². The fourth-order valence-corrected chi connectivity index (χ4v) is 3.18. The summed E-state index contributed by atoms with van der Waals surface area (Å²) in [5, 5.41) is 2.09. The Morgan fingerprint density at radius 2 is 2.04 bits per heavy atom. The molecule has 1 N–H and O–H groups in total. The molecule has 0 radical (unpaired) electrons. The summed E-state index contributed by atoms with van der Waals surface area (Å²) in [4.78, 5) is 21.0. The molecule has 5 heteroatoms. The number of fused-ring (bicyclic) bond motifs is 2. The van der Waals surface area contributed by atoms with Crippen molar-refractivity contribution >= 4 is 21.9 Å². The minimum absolute atomic E-state index is 0.545. The topological polar surface area (TPSA) is 67.3 Å². The summed E-state index contributed by atoms with van der Waals surface area (Å²) in [6.07, 6.45) is 11.1. The van der Waals surface area contributed by atoms with Gasteiger partial charge in [0.15, 0.2) is 0 Å². The number of hydrogen-bond acceptors (Lipinski definition) is 4. The van der Waals surface area contributed by atoms with Gasteiger partial charge in [0, 0.05) is 40.8 Å². The van der Waals surface area contributed by atoms with Crippen LogP contribution in [0.5, 0.6) is 0 Å². The van der Waals surface area contributed by atoms with E-state index in [1.165, 1.54) is 19.3 Å². The van der Waals surface area contributed by atoms with Crippen LogP contribution in [0.2, 0.25) is 0 Å². The summed E-state index contributed by atoms with van der Waals surface area (Å²) < 4.78 is 0. The molecule has 0 aliphatic heterocycles. The molecule has 0 saturated heterocycles. The van der Waals surface area contributed by atoms with Crippen molar-refractivity contribution in [3.63, 3.8) is 0 Å². The van der Waals surface area contributed by atoms with E-state index in [4.69, 9.17) is 4.98 Å². The van der Waals surface area contributed by atoms with Crippen molar-refractivity contribution < 1.29 is 0 Å². The summed E-state index contributed by atoms with van der Waals surface area (Å²) in [6.45, 7) is 0. The summed E-state index contributed by atoms with van der Waals surface area (Å²) in [5.74, 6) is 1.52. The maximum atomic E-state index is 4.71. The molecule has 0 unspecified atom stereocenters. The van der Waals surface area contributed by atoms with Crippen LogP contribution in [0.1, 0.15) is 31.0 Å². The maximum absolute atomic E-state index is 4.71. The highest BCUT2D eigenvalue weighted by Gasteiger charge is 2.22. The van der Waals surface area contributed by atoms with Crippen molar-refractivity contribution in [1.82, 2.24) is 24.9 Å². The molecule has 0 bridgehead atoms. The van der Waals surface area contributed by atoms with Gasteiger partial charge in [-0.05, 0) is 30.5 Å². The normalized spacial score (nSPS) is 15.1. The van der Waals surface area contributed by atoms with Crippen molar-refractivity contribution in [2.75, 3.05) is 0 Å². The van der Waals surface area contributed by atoms with Crippen molar-refractivity contribution in [3.8, 4) is 11.1 Å². The second-order valence-corrected chi connectivity index (χ2v) is 6.12. The lowest BCUT2D eigenvalue weighted by Crippen LogP contribution is -2.12. The van der Waals surface area contributed by atoms with E-state index in [2.05, 4.69) is 32.1 Å². The van der Waals surface area contributed by atoms with Crippen molar-refractivity contribution in [2.24, 2.45) is 0 Å². The van der Waals surface area contributed by atoms with Crippen LogP contribution in [-0.2, 0) is 0 Å². The van der Waals surface area contributed by atoms with Gasteiger partial charge in [0.05, 0.1) is 5.52 Å². The van der Waals surface area contributed by atoms with Crippen LogP contribution in [0, 0.1) is 0 Å². The molecule has 3 heterocycles. The Bertz CT molecular complexity index is 1020. The van der Waals surface area contributed by atoms with Gasteiger partial charge >= 0.3 is 0 Å². The smallest absolute Gasteiger partial charge is 0.141 e. The Hall–Kier alpha value is -2.82. The third-order valence-electron chi connectivity index (χ3n) is 4.74. The first-order valence-electron chi connectivity index (χ1n) is 7.93. The van der Waals surface area contributed by atoms with E-state index in [0.717, 1.165) is 38.9 Å². The van der Waals surface area contributed by atoms with Crippen LogP contribution in [0.25, 0.3) is 33.1 Å². The minimum Gasteiger partial charge on any atom is -0.345 e. The molecule has 112 valence electrons. The monoisotopic (exact) mass is 301 g/mol. The highest BCUT2D eigenvalue weighted by molar-refractivity contribution is 5.95. The molecule has 1 aliphatic rings. The molecule has 4 aromatic rings. The van der Waals surface area contributed by atoms with Crippen LogP contribution >= 0.6 is 0 Å². The molecule has 5 nitrogen and oxygen atoms in total. The van der Waals surface area contributed by atoms with Gasteiger partial charge in [-0.3, -0.25) is 0 Å². The zero-order valence-corrected chi connectivity index (χ0v) is 12.5. The summed E-state index contributed by atoms with van der Waals surface area (Å²) in [5.41, 5.74) is 4.11. The van der Waals surface area contributed by atoms with Gasteiger partial charge < -0.3 is 4.98 Å². The summed E-state index contributed by atoms with van der Waals surface area (Å²) in [7, 11) is 0. The second-order valence-electron chi connectivity index (χ2n) is 6.12. The molecule has 1 aliphatic carbocycles. The van der Waals surface area contributed by atoms with E-state index >= 15 is 0 Å². The van der Waals surface area contributed by atoms with Gasteiger partial charge in [0.1, 0.15) is 17.8 Å². The number of nitrogens with zero attached hydrogens (tertiary/aromatic N) is 4. The Labute approximate surface area is 132 Å². The Balaban J connectivity index is 1.63. The first-order chi connectivity index (χ1) is 11.4. The largest absolute Gasteiger partial charge is 0.345 e. The molecule has 3 aromatic heterocycles. The molecule has 0 spiro atoms. The van der Waals surface area contributed by atoms with E-state index < -0.39 is 0 Å². The lowest BCUT2D eigenvalue weighted by atomic mass is 9.85. The molecule has 1 aromatic carbocycles. The first-order valence-corrected chi connectivity index (χ1v) is 7.93. The number of rotatable bonds is 2. The number of aromatic nitrogens is 5. The van der Waals surface area contributed by atoms with Gasteiger partial charge in [-0.1, -0.05) is 12.5 Å². The molecule has 0 atom stereocenters. The predicted octanol–water partition coefficient (Wildman–Crippen LogP) is 3.84. The highest BCUT2D eigenvalue weighted by Crippen LogP contribution is 2.35. The SMILES string of the molecule is c1ncc2cc(-c3c[nH]c4nc(C5CCC5)ncc34)ccc2n1. The first kappa shape index (κ1) is 12.7. The van der Waals surface area contributed by atoms with Crippen molar-refractivity contribution in [1.29, 1.82) is 0 Å². The zero-order valence-electron chi connectivity index (χ0n) is 12.5. The van der Waals surface area contributed by atoms with Gasteiger partial charge in [-0.2, -0.15) is 0 Å². The molecular formula is C18H15N5. The predicted molar refractivity (Wildman–Crippen MR) is 89.0 cm³/mol. The van der Waals surface area contributed by atoms with Crippen LogP contribution in [0.15, 0.2) is 43.1 Å². The van der Waals surface area contributed by atoms with Gasteiger partial charge in [-0.15, -0.1) is 0 Å². The average molecular weight is 301 g/mol. The van der Waals surface area contributed by atoms with Crippen LogP contribution < -0.4 is 0 Å². The van der Waals surface area contributed by atoms with Crippen molar-refractivity contribution in [2.45, 2.75) is 25.2 Å². The number of aromatic amines is 1. The van der Waals surface area contributed by atoms with E-state index in [9.17, 15) is 0 Å². The number of benzene rings is 1. The molecule has 1 saturated carbocycles. The Morgan fingerprint density at radius 1 is 1.09 bits per heavy atom. The van der Waals surface area contributed by atoms with Gasteiger partial charge in [0.2, 0.25) is 0 Å². The lowest BCUT2D eigenvalue weighted by molar-refractivity contribution is 0.402. The van der Waals surface area contributed by atoms with Crippen LogP contribution in [-0.4, -0.2) is 24.9 Å². The van der Waals surface area contributed by atoms with Crippen molar-refractivity contribution in [3.05, 3.63) is 48.9 Å². The molecule has 0 amide bonds. The van der Waals surface area contributed by atoms with E-state index in [-0.39, 0.29) is 0 Å². The molecule has 1 fully saturated rings. The maximum Gasteiger partial charge on any atom is 0.141 e. The number of H-pyrrole nitrogens is 1. The number of nitrogens with one attached hydrogen (secondary N) is 1. The molecule has 5 rings (SSSR count). The Kier molecular flexibility index (Phi) is 2.67. The van der Waals surface area contributed by atoms with Crippen LogP contribution in [0.4, 0.5) is 0 Å². The van der Waals surface area contributed by atoms with E-state index in [1.807, 2.05) is 24.7 Å². The zero-order chi connectivity index (χ0) is 15.2. The van der Waals surface area contributed by atoms with Gasteiger partial charge in [0.25, 0.3) is 0 Å². The standard InChI is InChI=1S/C18H15N5/c1-2-11(3-1)17-20-9-15-14(8-21-18(15)23-17)12-4-5-16-13(6-12)7-19-10-22-16/h4-11H,1-3H2,(H,20,21,23). The fraction of sp³-hybridized carbons (Fsp3) is 0.222. The quantitative estimate of drug-likeness (QED) is 0.611.